The van der Waals surface area contributed by atoms with E-state index in [9.17, 15) is 0 Å². The Labute approximate surface area is 357 Å². The van der Waals surface area contributed by atoms with Crippen LogP contribution >= 0.6 is 0 Å². The van der Waals surface area contributed by atoms with Crippen molar-refractivity contribution in [2.45, 2.75) is 0 Å². The average molecular weight is 794 g/mol. The van der Waals surface area contributed by atoms with E-state index in [0.29, 0.717) is 17.5 Å². The molecule has 0 radical (unpaired) electrons. The molecule has 0 aliphatic carbocycles. The summed E-state index contributed by atoms with van der Waals surface area (Å²) in [6.07, 6.45) is 0. The Morgan fingerprint density at radius 3 is 1.58 bits per heavy atom. The fraction of sp³-hybridized carbons (Fsp3) is 0. The molecule has 290 valence electrons. The van der Waals surface area contributed by atoms with Crippen LogP contribution in [0.5, 0.6) is 0 Å². The van der Waals surface area contributed by atoms with E-state index in [1.54, 1.807) is 0 Å². The number of para-hydroxylation sites is 1. The zero-order chi connectivity index (χ0) is 41.0. The zero-order valence-corrected chi connectivity index (χ0v) is 33.4. The molecule has 0 spiro atoms. The first kappa shape index (κ1) is 35.5. The normalized spacial score (nSPS) is 11.5. The van der Waals surface area contributed by atoms with Gasteiger partial charge in [-0.2, -0.15) is 5.10 Å². The Morgan fingerprint density at radius 1 is 0.339 bits per heavy atom. The minimum atomic E-state index is 0.581. The molecule has 6 nitrogen and oxygen atoms in total. The zero-order valence-electron chi connectivity index (χ0n) is 33.4. The molecule has 0 saturated heterocycles. The molecule has 0 N–H and O–H groups in total. The summed E-state index contributed by atoms with van der Waals surface area (Å²) in [5.41, 5.74) is 13.7. The van der Waals surface area contributed by atoms with E-state index in [2.05, 4.69) is 162 Å². The Hall–Kier alpha value is -8.48. The lowest BCUT2D eigenvalue weighted by atomic mass is 9.97. The van der Waals surface area contributed by atoms with Crippen LogP contribution in [0.4, 0.5) is 0 Å². The number of nitrogens with zero attached hydrogens (tertiary/aromatic N) is 5. The summed E-state index contributed by atoms with van der Waals surface area (Å²) in [5, 5.41) is 9.90. The number of benzene rings is 8. The van der Waals surface area contributed by atoms with Crippen molar-refractivity contribution in [1.29, 1.82) is 0 Å². The molecule has 0 saturated carbocycles. The summed E-state index contributed by atoms with van der Waals surface area (Å²) in [7, 11) is 0. The van der Waals surface area contributed by atoms with E-state index in [0.717, 1.165) is 99.7 Å². The van der Waals surface area contributed by atoms with E-state index >= 15 is 0 Å². The van der Waals surface area contributed by atoms with Crippen molar-refractivity contribution in [1.82, 2.24) is 24.6 Å². The minimum Gasteiger partial charge on any atom is -0.456 e. The molecule has 0 atom stereocenters. The number of hydrogen-bond donors (Lipinski definition) is 0. The molecular formula is C56H35N5O. The minimum absolute atomic E-state index is 0.581. The summed E-state index contributed by atoms with van der Waals surface area (Å²) in [6, 6.07) is 73.3. The van der Waals surface area contributed by atoms with Crippen LogP contribution in [0.15, 0.2) is 217 Å². The Balaban J connectivity index is 1.02. The van der Waals surface area contributed by atoms with Crippen LogP contribution in [-0.4, -0.2) is 24.6 Å². The van der Waals surface area contributed by atoms with Gasteiger partial charge in [-0.05, 0) is 58.5 Å². The molecule has 0 fully saturated rings. The second-order valence-electron chi connectivity index (χ2n) is 15.5. The molecule has 62 heavy (non-hydrogen) atoms. The van der Waals surface area contributed by atoms with Gasteiger partial charge in [0.05, 0.1) is 11.2 Å². The molecule has 12 aromatic rings. The van der Waals surface area contributed by atoms with Gasteiger partial charge in [-0.25, -0.2) is 19.5 Å². The number of pyridine rings is 1. The van der Waals surface area contributed by atoms with Crippen molar-refractivity contribution in [2.24, 2.45) is 0 Å². The molecule has 4 aromatic heterocycles. The molecule has 12 rings (SSSR count). The molecule has 0 amide bonds. The Kier molecular flexibility index (Phi) is 8.38. The number of furan rings is 1. The van der Waals surface area contributed by atoms with E-state index < -0.39 is 0 Å². The van der Waals surface area contributed by atoms with Crippen molar-refractivity contribution in [3.8, 4) is 78.9 Å². The lowest BCUT2D eigenvalue weighted by Crippen LogP contribution is -2.01. The van der Waals surface area contributed by atoms with Gasteiger partial charge in [0, 0.05) is 49.5 Å². The third kappa shape index (κ3) is 6.13. The maximum atomic E-state index is 6.25. The Bertz CT molecular complexity index is 3630. The van der Waals surface area contributed by atoms with Crippen LogP contribution in [0.3, 0.4) is 0 Å². The second-order valence-corrected chi connectivity index (χ2v) is 15.5. The van der Waals surface area contributed by atoms with Gasteiger partial charge in [0.25, 0.3) is 0 Å². The van der Waals surface area contributed by atoms with Crippen LogP contribution in [0.1, 0.15) is 0 Å². The molecule has 4 heterocycles. The van der Waals surface area contributed by atoms with Crippen LogP contribution in [0, 0.1) is 0 Å². The lowest BCUT2D eigenvalue weighted by molar-refractivity contribution is 0.669. The largest absolute Gasteiger partial charge is 0.456 e. The summed E-state index contributed by atoms with van der Waals surface area (Å²) >= 11 is 0. The monoisotopic (exact) mass is 793 g/mol. The summed E-state index contributed by atoms with van der Waals surface area (Å²) in [5.74, 6) is 1.77. The highest BCUT2D eigenvalue weighted by Gasteiger charge is 2.22. The van der Waals surface area contributed by atoms with E-state index in [-0.39, 0.29) is 0 Å². The first-order valence-corrected chi connectivity index (χ1v) is 20.7. The van der Waals surface area contributed by atoms with E-state index in [1.165, 1.54) is 0 Å². The first-order chi connectivity index (χ1) is 30.7. The number of aromatic nitrogens is 5. The highest BCUT2D eigenvalue weighted by Crippen LogP contribution is 2.41. The SMILES string of the molecule is c1ccc(-c2nc(-c3cccc(-c4ccc5c(c4)oc4ccccc45)c3)nc(-c3cccc(-c4cc5ccccc5c5c(-c6ccccc6)c(-c6ccccc6)nn45)c3)n2)cc1. The van der Waals surface area contributed by atoms with Gasteiger partial charge < -0.3 is 4.42 Å². The van der Waals surface area contributed by atoms with Gasteiger partial charge in [-0.3, -0.25) is 0 Å². The van der Waals surface area contributed by atoms with E-state index in [1.807, 2.05) is 54.6 Å². The highest BCUT2D eigenvalue weighted by molar-refractivity contribution is 6.09. The van der Waals surface area contributed by atoms with Crippen LogP contribution in [0.2, 0.25) is 0 Å². The van der Waals surface area contributed by atoms with E-state index in [4.69, 9.17) is 24.5 Å². The maximum Gasteiger partial charge on any atom is 0.164 e. The number of rotatable bonds is 7. The molecule has 0 aliphatic heterocycles. The van der Waals surface area contributed by atoms with Gasteiger partial charge in [0.2, 0.25) is 0 Å². The Morgan fingerprint density at radius 2 is 0.855 bits per heavy atom. The van der Waals surface area contributed by atoms with Crippen LogP contribution < -0.4 is 0 Å². The fourth-order valence-electron chi connectivity index (χ4n) is 8.68. The molecule has 8 aromatic carbocycles. The lowest BCUT2D eigenvalue weighted by Gasteiger charge is -2.12. The van der Waals surface area contributed by atoms with Gasteiger partial charge in [-0.15, -0.1) is 0 Å². The van der Waals surface area contributed by atoms with Gasteiger partial charge >= 0.3 is 0 Å². The number of hydrogen-bond acceptors (Lipinski definition) is 5. The summed E-state index contributed by atoms with van der Waals surface area (Å²) in [6.45, 7) is 0. The average Bonchev–Trinajstić information content (AvgIpc) is 3.94. The number of fused-ring (bicyclic) bond motifs is 6. The van der Waals surface area contributed by atoms with Crippen molar-refractivity contribution in [2.75, 3.05) is 0 Å². The molecule has 6 heteroatoms. The van der Waals surface area contributed by atoms with Crippen molar-refractivity contribution >= 4 is 38.2 Å². The molecule has 0 bridgehead atoms. The second kappa shape index (κ2) is 14.7. The van der Waals surface area contributed by atoms with Gasteiger partial charge in [0.15, 0.2) is 17.5 Å². The van der Waals surface area contributed by atoms with Crippen LogP contribution in [-0.2, 0) is 0 Å². The molecule has 0 aliphatic rings. The van der Waals surface area contributed by atoms with Gasteiger partial charge in [-0.1, -0.05) is 176 Å². The quantitative estimate of drug-likeness (QED) is 0.161. The van der Waals surface area contributed by atoms with Crippen LogP contribution in [0.25, 0.3) is 117 Å². The molecular weight excluding hydrogens is 759 g/mol. The predicted molar refractivity (Wildman–Crippen MR) is 251 cm³/mol. The first-order valence-electron chi connectivity index (χ1n) is 20.7. The van der Waals surface area contributed by atoms with Crippen molar-refractivity contribution in [3.63, 3.8) is 0 Å². The fourth-order valence-corrected chi connectivity index (χ4v) is 8.68. The molecule has 0 unspecified atom stereocenters. The third-order valence-electron chi connectivity index (χ3n) is 11.6. The maximum absolute atomic E-state index is 6.25. The summed E-state index contributed by atoms with van der Waals surface area (Å²) in [4.78, 5) is 15.4. The van der Waals surface area contributed by atoms with Crippen molar-refractivity contribution < 1.29 is 4.42 Å². The highest BCUT2D eigenvalue weighted by atomic mass is 16.3. The third-order valence-corrected chi connectivity index (χ3v) is 11.6. The predicted octanol–water partition coefficient (Wildman–Crippen LogP) is 14.2. The topological polar surface area (TPSA) is 69.1 Å². The smallest absolute Gasteiger partial charge is 0.164 e. The summed E-state index contributed by atoms with van der Waals surface area (Å²) < 4.78 is 8.37. The van der Waals surface area contributed by atoms with Gasteiger partial charge in [0.1, 0.15) is 16.9 Å². The van der Waals surface area contributed by atoms with Crippen molar-refractivity contribution in [3.05, 3.63) is 212 Å². The standard InChI is InChI=1S/C56H35N5O/c1-4-16-36(17-5-1)51-52(37-18-6-2-7-19-37)60-61-48(34-41-22-10-11-27-45(41)53(51)61)42-24-15-26-44(33-42)56-58-54(38-20-8-3-9-21-38)57-55(59-56)43-25-14-23-39(32-43)40-30-31-47-46-28-12-13-29-49(46)62-50(47)35-40/h1-35H.